The lowest BCUT2D eigenvalue weighted by atomic mass is 10.3. The van der Waals surface area contributed by atoms with Crippen molar-refractivity contribution in [3.8, 4) is 0 Å². The lowest BCUT2D eigenvalue weighted by molar-refractivity contribution is -0.117. The fourth-order valence-corrected chi connectivity index (χ4v) is 2.85. The van der Waals surface area contributed by atoms with E-state index >= 15 is 0 Å². The molecular weight excluding hydrogens is 300 g/mol. The van der Waals surface area contributed by atoms with Crippen LogP contribution in [-0.4, -0.2) is 33.8 Å². The fourth-order valence-electron chi connectivity index (χ4n) is 1.97. The van der Waals surface area contributed by atoms with Crippen LogP contribution < -0.4 is 10.6 Å². The molecule has 1 heterocycles. The van der Waals surface area contributed by atoms with Gasteiger partial charge in [-0.2, -0.15) is 0 Å². The van der Waals surface area contributed by atoms with Crippen molar-refractivity contribution in [1.82, 2.24) is 20.2 Å². The molecule has 1 aromatic heterocycles. The molecule has 0 aliphatic rings. The Balaban J connectivity index is 1.98. The Bertz CT molecular complexity index is 696. The second-order valence-electron chi connectivity index (χ2n) is 4.46. The average molecular weight is 318 g/mol. The maximum atomic E-state index is 11.7. The van der Waals surface area contributed by atoms with E-state index in [1.807, 2.05) is 35.8 Å². The van der Waals surface area contributed by atoms with Crippen LogP contribution in [-0.2, 0) is 11.3 Å². The van der Waals surface area contributed by atoms with Crippen molar-refractivity contribution in [1.29, 1.82) is 0 Å². The van der Waals surface area contributed by atoms with Crippen molar-refractivity contribution in [3.63, 3.8) is 0 Å². The molecule has 6 nitrogen and oxygen atoms in total. The Labute approximate surface area is 133 Å². The summed E-state index contributed by atoms with van der Waals surface area (Å²) < 4.78 is 2.05. The Hall–Kier alpha value is -2.28. The minimum absolute atomic E-state index is 0.130. The maximum absolute atomic E-state index is 11.7. The van der Waals surface area contributed by atoms with Gasteiger partial charge in [0.25, 0.3) is 0 Å². The second-order valence-corrected chi connectivity index (χ2v) is 5.41. The number of urea groups is 1. The van der Waals surface area contributed by atoms with Crippen LogP contribution >= 0.6 is 11.8 Å². The monoisotopic (exact) mass is 318 g/mol. The molecule has 2 aromatic rings. The van der Waals surface area contributed by atoms with Gasteiger partial charge >= 0.3 is 6.03 Å². The highest BCUT2D eigenvalue weighted by molar-refractivity contribution is 7.99. The number of aromatic nitrogens is 2. The number of carbonyl (C=O) groups is 2. The van der Waals surface area contributed by atoms with Crippen molar-refractivity contribution in [2.45, 2.75) is 18.6 Å². The smallest absolute Gasteiger partial charge is 0.321 e. The number of hydrogen-bond acceptors (Lipinski definition) is 4. The molecule has 0 unspecified atom stereocenters. The minimum Gasteiger partial charge on any atom is -0.334 e. The molecule has 0 spiro atoms. The molecular formula is C15H18N4O2S. The predicted molar refractivity (Wildman–Crippen MR) is 87.9 cm³/mol. The van der Waals surface area contributed by atoms with E-state index in [0.29, 0.717) is 6.54 Å². The van der Waals surface area contributed by atoms with Crippen LogP contribution in [0.15, 0.2) is 42.1 Å². The van der Waals surface area contributed by atoms with Crippen LogP contribution in [0.25, 0.3) is 11.0 Å². The third kappa shape index (κ3) is 3.88. The molecule has 2 rings (SSSR count). The van der Waals surface area contributed by atoms with Crippen LogP contribution in [0, 0.1) is 0 Å². The summed E-state index contributed by atoms with van der Waals surface area (Å²) in [5.41, 5.74) is 1.94. The number of imide groups is 1. The first-order chi connectivity index (χ1) is 10.7. The standard InChI is InChI=1S/C15H18N4O2S/c1-3-9-16-14(21)18-13(20)10-22-15-17-11-7-5-6-8-12(11)19(15)4-2/h3,5-8H,1,4,9-10H2,2H3,(H2,16,18,20,21). The van der Waals surface area contributed by atoms with Gasteiger partial charge in [0.05, 0.1) is 16.8 Å². The average Bonchev–Trinajstić information content (AvgIpc) is 2.88. The van der Waals surface area contributed by atoms with E-state index in [1.54, 1.807) is 6.08 Å². The van der Waals surface area contributed by atoms with Gasteiger partial charge in [-0.15, -0.1) is 6.58 Å². The first-order valence-corrected chi connectivity index (χ1v) is 7.91. The molecule has 116 valence electrons. The third-order valence-corrected chi connectivity index (χ3v) is 3.90. The van der Waals surface area contributed by atoms with Crippen LogP contribution in [0.2, 0.25) is 0 Å². The van der Waals surface area contributed by atoms with Gasteiger partial charge in [-0.05, 0) is 19.1 Å². The summed E-state index contributed by atoms with van der Waals surface area (Å²) in [6.45, 7) is 6.60. The number of fused-ring (bicyclic) bond motifs is 1. The minimum atomic E-state index is -0.519. The number of nitrogens with one attached hydrogen (secondary N) is 2. The van der Waals surface area contributed by atoms with Gasteiger partial charge in [-0.3, -0.25) is 10.1 Å². The Morgan fingerprint density at radius 1 is 1.41 bits per heavy atom. The zero-order chi connectivity index (χ0) is 15.9. The molecule has 0 bridgehead atoms. The van der Waals surface area contributed by atoms with Gasteiger partial charge in [0.15, 0.2) is 5.16 Å². The Morgan fingerprint density at radius 3 is 2.91 bits per heavy atom. The topological polar surface area (TPSA) is 76.0 Å². The maximum Gasteiger partial charge on any atom is 0.321 e. The summed E-state index contributed by atoms with van der Waals surface area (Å²) in [5, 5.41) is 5.52. The molecule has 7 heteroatoms. The SMILES string of the molecule is C=CCNC(=O)NC(=O)CSc1nc2ccccc2n1CC. The van der Waals surface area contributed by atoms with Gasteiger partial charge in [0.1, 0.15) is 0 Å². The number of imidazole rings is 1. The number of aryl methyl sites for hydroxylation is 1. The second kappa shape index (κ2) is 7.65. The summed E-state index contributed by atoms with van der Waals surface area (Å²) >= 11 is 1.31. The molecule has 0 atom stereocenters. The number of benzene rings is 1. The summed E-state index contributed by atoms with van der Waals surface area (Å²) in [6.07, 6.45) is 1.54. The van der Waals surface area contributed by atoms with E-state index in [9.17, 15) is 9.59 Å². The molecule has 0 saturated heterocycles. The highest BCUT2D eigenvalue weighted by atomic mass is 32.2. The number of amides is 3. The zero-order valence-electron chi connectivity index (χ0n) is 12.3. The number of nitrogens with zero attached hydrogens (tertiary/aromatic N) is 2. The fraction of sp³-hybridized carbons (Fsp3) is 0.267. The molecule has 1 aromatic carbocycles. The van der Waals surface area contributed by atoms with Gasteiger partial charge < -0.3 is 9.88 Å². The molecule has 22 heavy (non-hydrogen) atoms. The zero-order valence-corrected chi connectivity index (χ0v) is 13.2. The molecule has 0 radical (unpaired) electrons. The highest BCUT2D eigenvalue weighted by Gasteiger charge is 2.13. The van der Waals surface area contributed by atoms with Crippen molar-refractivity contribution < 1.29 is 9.59 Å². The lowest BCUT2D eigenvalue weighted by Crippen LogP contribution is -2.40. The molecule has 0 aliphatic heterocycles. The van der Waals surface area contributed by atoms with Gasteiger partial charge in [-0.1, -0.05) is 30.0 Å². The van der Waals surface area contributed by atoms with Crippen LogP contribution in [0.1, 0.15) is 6.92 Å². The quantitative estimate of drug-likeness (QED) is 0.632. The van der Waals surface area contributed by atoms with Crippen molar-refractivity contribution in [2.24, 2.45) is 0 Å². The van der Waals surface area contributed by atoms with Crippen molar-refractivity contribution >= 4 is 34.7 Å². The van der Waals surface area contributed by atoms with E-state index in [-0.39, 0.29) is 11.7 Å². The third-order valence-electron chi connectivity index (χ3n) is 2.93. The lowest BCUT2D eigenvalue weighted by Gasteiger charge is -2.06. The summed E-state index contributed by atoms with van der Waals surface area (Å²) in [4.78, 5) is 27.6. The van der Waals surface area contributed by atoms with Crippen LogP contribution in [0.4, 0.5) is 4.79 Å². The summed E-state index contributed by atoms with van der Waals surface area (Å²) in [6, 6.07) is 7.31. The highest BCUT2D eigenvalue weighted by Crippen LogP contribution is 2.23. The Kier molecular flexibility index (Phi) is 5.60. The predicted octanol–water partition coefficient (Wildman–Crippen LogP) is 2.16. The van der Waals surface area contributed by atoms with Gasteiger partial charge in [0, 0.05) is 13.1 Å². The largest absolute Gasteiger partial charge is 0.334 e. The van der Waals surface area contributed by atoms with E-state index < -0.39 is 6.03 Å². The van der Waals surface area contributed by atoms with Crippen LogP contribution in [0.3, 0.4) is 0 Å². The van der Waals surface area contributed by atoms with E-state index in [1.165, 1.54) is 11.8 Å². The molecule has 0 saturated carbocycles. The first kappa shape index (κ1) is 16.1. The normalized spacial score (nSPS) is 10.4. The van der Waals surface area contributed by atoms with Gasteiger partial charge in [0.2, 0.25) is 5.91 Å². The van der Waals surface area contributed by atoms with Crippen molar-refractivity contribution in [3.05, 3.63) is 36.9 Å². The Morgan fingerprint density at radius 2 is 2.18 bits per heavy atom. The van der Waals surface area contributed by atoms with E-state index in [4.69, 9.17) is 0 Å². The van der Waals surface area contributed by atoms with E-state index in [2.05, 4.69) is 22.2 Å². The summed E-state index contributed by atoms with van der Waals surface area (Å²) in [5.74, 6) is -0.230. The van der Waals surface area contributed by atoms with Crippen molar-refractivity contribution in [2.75, 3.05) is 12.3 Å². The molecule has 0 fully saturated rings. The number of para-hydroxylation sites is 2. The van der Waals surface area contributed by atoms with E-state index in [0.717, 1.165) is 22.7 Å². The molecule has 2 N–H and O–H groups in total. The number of hydrogen-bond donors (Lipinski definition) is 2. The molecule has 3 amide bonds. The molecule has 0 aliphatic carbocycles. The van der Waals surface area contributed by atoms with Gasteiger partial charge in [-0.25, -0.2) is 9.78 Å². The first-order valence-electron chi connectivity index (χ1n) is 6.92. The van der Waals surface area contributed by atoms with Crippen LogP contribution in [0.5, 0.6) is 0 Å². The number of rotatable bonds is 6. The number of thioether (sulfide) groups is 1. The summed E-state index contributed by atoms with van der Waals surface area (Å²) in [7, 11) is 0. The number of carbonyl (C=O) groups excluding carboxylic acids is 2.